The van der Waals surface area contributed by atoms with Crippen molar-refractivity contribution in [2.45, 2.75) is 88.9 Å². The normalized spacial score (nSPS) is 19.2. The van der Waals surface area contributed by atoms with E-state index < -0.39 is 9.84 Å². The first-order valence-corrected chi connectivity index (χ1v) is 14.1. The smallest absolute Gasteiger partial charge is 0.228 e. The molecule has 34 heavy (non-hydrogen) atoms. The number of amides is 1. The van der Waals surface area contributed by atoms with Gasteiger partial charge in [-0.05, 0) is 57.6 Å². The van der Waals surface area contributed by atoms with Crippen molar-refractivity contribution in [3.8, 4) is 0 Å². The fourth-order valence-corrected chi connectivity index (χ4v) is 6.91. The summed E-state index contributed by atoms with van der Waals surface area (Å²) >= 11 is 0. The predicted molar refractivity (Wildman–Crippen MR) is 131 cm³/mol. The molecule has 186 valence electrons. The Kier molecular flexibility index (Phi) is 7.77. The summed E-state index contributed by atoms with van der Waals surface area (Å²) in [5.41, 5.74) is 2.47. The van der Waals surface area contributed by atoms with Crippen LogP contribution in [0.2, 0.25) is 0 Å². The van der Waals surface area contributed by atoms with E-state index in [9.17, 15) is 13.2 Å². The molecule has 1 saturated heterocycles. The second-order valence-electron chi connectivity index (χ2n) is 10.0. The van der Waals surface area contributed by atoms with Crippen LogP contribution in [0.5, 0.6) is 0 Å². The molecule has 2 fully saturated rings. The average Bonchev–Trinajstić information content (AvgIpc) is 3.56. The van der Waals surface area contributed by atoms with Crippen LogP contribution < -0.4 is 0 Å². The number of aromatic nitrogens is 2. The Balaban J connectivity index is 1.62. The number of benzene rings is 1. The van der Waals surface area contributed by atoms with Crippen molar-refractivity contribution in [2.75, 3.05) is 13.2 Å². The number of carbonyl (C=O) groups excluding carboxylic acids is 1. The highest BCUT2D eigenvalue weighted by atomic mass is 32.2. The number of carbonyl (C=O) groups is 1. The third-order valence-corrected chi connectivity index (χ3v) is 8.61. The maximum atomic E-state index is 13.4. The van der Waals surface area contributed by atoms with Crippen molar-refractivity contribution in [1.29, 1.82) is 0 Å². The Morgan fingerprint density at radius 2 is 1.91 bits per heavy atom. The molecule has 1 aromatic carbocycles. The lowest BCUT2D eigenvalue weighted by molar-refractivity contribution is -0.137. The second kappa shape index (κ2) is 10.6. The van der Waals surface area contributed by atoms with Crippen LogP contribution in [0.1, 0.15) is 75.2 Å². The number of sulfone groups is 1. The van der Waals surface area contributed by atoms with Gasteiger partial charge in [0.15, 0.2) is 0 Å². The summed E-state index contributed by atoms with van der Waals surface area (Å²) in [6, 6.07) is 7.42. The highest BCUT2D eigenvalue weighted by Crippen LogP contribution is 2.29. The zero-order valence-corrected chi connectivity index (χ0v) is 21.4. The van der Waals surface area contributed by atoms with Gasteiger partial charge in [-0.25, -0.2) is 13.4 Å². The maximum Gasteiger partial charge on any atom is 0.228 e. The van der Waals surface area contributed by atoms with Gasteiger partial charge in [0.1, 0.15) is 0 Å². The van der Waals surface area contributed by atoms with Crippen LogP contribution in [0.15, 0.2) is 35.6 Å². The van der Waals surface area contributed by atoms with Crippen LogP contribution >= 0.6 is 0 Å². The third-order valence-electron chi connectivity index (χ3n) is 7.06. The van der Waals surface area contributed by atoms with Gasteiger partial charge in [-0.1, -0.05) is 37.1 Å². The molecule has 2 heterocycles. The predicted octanol–water partition coefficient (Wildman–Crippen LogP) is 4.44. The van der Waals surface area contributed by atoms with Gasteiger partial charge in [0.05, 0.1) is 30.3 Å². The zero-order chi connectivity index (χ0) is 24.3. The van der Waals surface area contributed by atoms with Gasteiger partial charge in [-0.15, -0.1) is 0 Å². The highest BCUT2D eigenvalue weighted by Gasteiger charge is 2.32. The van der Waals surface area contributed by atoms with Crippen LogP contribution in [-0.2, 0) is 31.7 Å². The molecule has 1 atom stereocenters. The number of imidazole rings is 1. The molecule has 0 radical (unpaired) electrons. The second-order valence-corrected chi connectivity index (χ2v) is 11.9. The monoisotopic (exact) mass is 487 g/mol. The largest absolute Gasteiger partial charge is 0.376 e. The standard InChI is InChI=1S/C26H37N3O4S/c1-19(2)29-23(15-27-26(29)34(31,32)18-22-12-5-4-9-20(22)3)16-28(17-24-13-8-14-33-24)25(30)21-10-6-7-11-21/h4-5,9,12,15,19,21,24H,6-8,10-11,13-14,16-18H2,1-3H3/t24-/m0/s1. The minimum atomic E-state index is -3.66. The summed E-state index contributed by atoms with van der Waals surface area (Å²) in [6.45, 7) is 7.47. The zero-order valence-electron chi connectivity index (χ0n) is 20.6. The van der Waals surface area contributed by atoms with E-state index in [4.69, 9.17) is 4.74 Å². The molecule has 1 aromatic heterocycles. The van der Waals surface area contributed by atoms with Gasteiger partial charge in [-0.3, -0.25) is 4.79 Å². The van der Waals surface area contributed by atoms with Crippen LogP contribution in [0, 0.1) is 12.8 Å². The Bertz CT molecular complexity index is 1100. The number of ether oxygens (including phenoxy) is 1. The van der Waals surface area contributed by atoms with Gasteiger partial charge in [0, 0.05) is 25.1 Å². The summed E-state index contributed by atoms with van der Waals surface area (Å²) in [4.78, 5) is 19.7. The Hall–Kier alpha value is -2.19. The fraction of sp³-hybridized carbons (Fsp3) is 0.615. The van der Waals surface area contributed by atoms with Crippen LogP contribution in [-0.4, -0.2) is 48.0 Å². The van der Waals surface area contributed by atoms with Crippen molar-refractivity contribution >= 4 is 15.7 Å². The number of rotatable bonds is 9. The molecule has 0 spiro atoms. The van der Waals surface area contributed by atoms with Crippen molar-refractivity contribution in [2.24, 2.45) is 5.92 Å². The quantitative estimate of drug-likeness (QED) is 0.522. The van der Waals surface area contributed by atoms with E-state index in [1.807, 2.05) is 49.9 Å². The van der Waals surface area contributed by atoms with E-state index in [1.54, 1.807) is 10.8 Å². The number of aryl methyl sites for hydroxylation is 1. The minimum absolute atomic E-state index is 0.0463. The lowest BCUT2D eigenvalue weighted by Gasteiger charge is -2.29. The van der Waals surface area contributed by atoms with E-state index >= 15 is 0 Å². The molecule has 1 aliphatic heterocycles. The molecular weight excluding hydrogens is 450 g/mol. The fourth-order valence-electron chi connectivity index (χ4n) is 5.21. The van der Waals surface area contributed by atoms with Gasteiger partial charge >= 0.3 is 0 Å². The topological polar surface area (TPSA) is 81.5 Å². The summed E-state index contributed by atoms with van der Waals surface area (Å²) in [5, 5.41) is 0.0751. The third kappa shape index (κ3) is 5.54. The molecule has 0 N–H and O–H groups in total. The van der Waals surface area contributed by atoms with Gasteiger partial charge in [0.2, 0.25) is 20.9 Å². The summed E-state index contributed by atoms with van der Waals surface area (Å²) in [7, 11) is -3.66. The van der Waals surface area contributed by atoms with Gasteiger partial charge in [0.25, 0.3) is 0 Å². The van der Waals surface area contributed by atoms with Crippen molar-refractivity contribution in [1.82, 2.24) is 14.5 Å². The van der Waals surface area contributed by atoms with Crippen LogP contribution in [0.25, 0.3) is 0 Å². The molecule has 1 amide bonds. The molecule has 4 rings (SSSR count). The van der Waals surface area contributed by atoms with E-state index in [-0.39, 0.29) is 34.9 Å². The Morgan fingerprint density at radius 1 is 1.18 bits per heavy atom. The molecule has 7 nitrogen and oxygen atoms in total. The molecule has 1 aliphatic carbocycles. The molecule has 0 unspecified atom stereocenters. The van der Waals surface area contributed by atoms with Crippen molar-refractivity contribution in [3.63, 3.8) is 0 Å². The van der Waals surface area contributed by atoms with E-state index in [2.05, 4.69) is 4.98 Å². The van der Waals surface area contributed by atoms with Crippen molar-refractivity contribution < 1.29 is 17.9 Å². The number of nitrogens with zero attached hydrogens (tertiary/aromatic N) is 3. The number of hydrogen-bond donors (Lipinski definition) is 0. The number of hydrogen-bond acceptors (Lipinski definition) is 5. The maximum absolute atomic E-state index is 13.4. The average molecular weight is 488 g/mol. The Labute approximate surface area is 203 Å². The van der Waals surface area contributed by atoms with E-state index in [0.29, 0.717) is 13.1 Å². The lowest BCUT2D eigenvalue weighted by Crippen LogP contribution is -2.40. The first-order chi connectivity index (χ1) is 16.3. The van der Waals surface area contributed by atoms with Crippen LogP contribution in [0.3, 0.4) is 0 Å². The first-order valence-electron chi connectivity index (χ1n) is 12.5. The van der Waals surface area contributed by atoms with Crippen molar-refractivity contribution in [3.05, 3.63) is 47.3 Å². The van der Waals surface area contributed by atoms with Crippen LogP contribution in [0.4, 0.5) is 0 Å². The summed E-state index contributed by atoms with van der Waals surface area (Å²) in [5.74, 6) is 0.124. The molecule has 1 saturated carbocycles. The molecule has 2 aliphatic rings. The van der Waals surface area contributed by atoms with Gasteiger partial charge in [-0.2, -0.15) is 0 Å². The molecule has 2 aromatic rings. The van der Waals surface area contributed by atoms with E-state index in [0.717, 1.165) is 62.0 Å². The molecule has 0 bridgehead atoms. The SMILES string of the molecule is Cc1ccccc1CS(=O)(=O)c1ncc(CN(C[C@@H]2CCCO2)C(=O)C2CCCC2)n1C(C)C. The highest BCUT2D eigenvalue weighted by molar-refractivity contribution is 7.90. The minimum Gasteiger partial charge on any atom is -0.376 e. The summed E-state index contributed by atoms with van der Waals surface area (Å²) < 4.78 is 34.5. The molecular formula is C26H37N3O4S. The molecule has 8 heteroatoms. The van der Waals surface area contributed by atoms with E-state index in [1.165, 1.54) is 0 Å². The van der Waals surface area contributed by atoms with Gasteiger partial charge < -0.3 is 14.2 Å². The lowest BCUT2D eigenvalue weighted by atomic mass is 10.1. The Morgan fingerprint density at radius 3 is 2.56 bits per heavy atom. The summed E-state index contributed by atoms with van der Waals surface area (Å²) in [6.07, 6.45) is 7.70. The first kappa shape index (κ1) is 24.9.